The molecule has 1 aliphatic heterocycles. The van der Waals surface area contributed by atoms with Crippen LogP contribution in [0, 0.1) is 6.92 Å². The number of H-pyrrole nitrogens is 1. The molecule has 0 bridgehead atoms. The fourth-order valence-corrected chi connectivity index (χ4v) is 3.89. The van der Waals surface area contributed by atoms with Gasteiger partial charge in [-0.15, -0.1) is 5.10 Å². The second-order valence-corrected chi connectivity index (χ2v) is 8.28. The second kappa shape index (κ2) is 9.02. The highest BCUT2D eigenvalue weighted by atomic mass is 16.5. The standard InChI is InChI=1S/C25H22N4O7/c1-12-18(10-13-5-6-16(28(2)3)11-19(13)36-4)22(30)26-21-20(12)23(31)29(27-21)17-8-14(24(32)33)7-15(9-17)25(34)35/h5-11H,1-4H3,(H,32,33)(H,34,35)(H,26,27,30)/b18-10-. The Hall–Kier alpha value is -4.93. The van der Waals surface area contributed by atoms with E-state index in [1.165, 1.54) is 7.11 Å². The van der Waals surface area contributed by atoms with Crippen LogP contribution >= 0.6 is 0 Å². The van der Waals surface area contributed by atoms with Crippen LogP contribution in [-0.2, 0) is 0 Å². The molecule has 1 aliphatic rings. The van der Waals surface area contributed by atoms with Crippen LogP contribution in [0.5, 0.6) is 5.75 Å². The number of ether oxygens (including phenoxy) is 1. The van der Waals surface area contributed by atoms with Crippen molar-refractivity contribution >= 4 is 35.3 Å². The van der Waals surface area contributed by atoms with Crippen LogP contribution in [0.1, 0.15) is 42.2 Å². The Balaban J connectivity index is 1.86. The lowest BCUT2D eigenvalue weighted by atomic mass is 10.0. The highest BCUT2D eigenvalue weighted by molar-refractivity contribution is 6.09. The van der Waals surface area contributed by atoms with E-state index in [9.17, 15) is 29.4 Å². The Labute approximate surface area is 204 Å². The Bertz CT molecular complexity index is 1590. The monoisotopic (exact) mass is 490 g/mol. The summed E-state index contributed by atoms with van der Waals surface area (Å²) in [5.74, 6) is -2.83. The smallest absolute Gasteiger partial charge is 0.335 e. The number of rotatable bonds is 6. The maximum absolute atomic E-state index is 13.3. The number of aromatic amines is 1. The van der Waals surface area contributed by atoms with Gasteiger partial charge in [-0.3, -0.25) is 9.59 Å². The molecule has 11 heteroatoms. The second-order valence-electron chi connectivity index (χ2n) is 8.28. The van der Waals surface area contributed by atoms with Crippen molar-refractivity contribution in [2.75, 3.05) is 31.1 Å². The first kappa shape index (κ1) is 24.2. The zero-order valence-electron chi connectivity index (χ0n) is 19.8. The quantitative estimate of drug-likeness (QED) is 0.466. The van der Waals surface area contributed by atoms with Gasteiger partial charge < -0.3 is 24.8 Å². The fraction of sp³-hybridized carbons (Fsp3) is 0.160. The Morgan fingerprint density at radius 1 is 1.06 bits per heavy atom. The van der Waals surface area contributed by atoms with Gasteiger partial charge >= 0.3 is 11.9 Å². The molecule has 184 valence electrons. The molecule has 0 unspecified atom stereocenters. The predicted octanol–water partition coefficient (Wildman–Crippen LogP) is 1.18. The average molecular weight is 490 g/mol. The lowest BCUT2D eigenvalue weighted by Crippen LogP contribution is -2.38. The number of pyridine rings is 1. The number of methoxy groups -OCH3 is 1. The van der Waals surface area contributed by atoms with Crippen molar-refractivity contribution in [3.63, 3.8) is 0 Å². The van der Waals surface area contributed by atoms with Crippen molar-refractivity contribution in [2.45, 2.75) is 6.92 Å². The molecule has 2 aromatic carbocycles. The minimum absolute atomic E-state index is 0.00725. The SMILES string of the molecule is COc1cc(N(C)C)ccc1/C=c1/c(C)c2c([nH]c1=O)=NN(c1cc(C(=O)O)cc(C(=O)O)c1)C2=O. The normalized spacial score (nSPS) is 12.8. The van der Waals surface area contributed by atoms with Gasteiger partial charge in [-0.2, -0.15) is 5.01 Å². The number of hydrogen-bond donors (Lipinski definition) is 3. The van der Waals surface area contributed by atoms with E-state index in [-0.39, 0.29) is 33.1 Å². The zero-order chi connectivity index (χ0) is 26.3. The topological polar surface area (TPSA) is 153 Å². The first-order valence-electron chi connectivity index (χ1n) is 10.7. The van der Waals surface area contributed by atoms with Crippen molar-refractivity contribution in [2.24, 2.45) is 5.10 Å². The van der Waals surface area contributed by atoms with E-state index in [0.717, 1.165) is 28.9 Å². The maximum Gasteiger partial charge on any atom is 0.335 e. The zero-order valence-corrected chi connectivity index (χ0v) is 19.8. The van der Waals surface area contributed by atoms with E-state index in [0.29, 0.717) is 16.9 Å². The van der Waals surface area contributed by atoms with Gasteiger partial charge in [-0.1, -0.05) is 0 Å². The molecule has 0 aliphatic carbocycles. The molecule has 2 heterocycles. The van der Waals surface area contributed by atoms with Crippen molar-refractivity contribution in [3.8, 4) is 5.75 Å². The number of carbonyl (C=O) groups is 3. The molecule has 0 fully saturated rings. The van der Waals surface area contributed by atoms with Crippen LogP contribution in [-0.4, -0.2) is 54.2 Å². The van der Waals surface area contributed by atoms with Gasteiger partial charge in [0.2, 0.25) is 0 Å². The predicted molar refractivity (Wildman–Crippen MR) is 131 cm³/mol. The first-order valence-corrected chi connectivity index (χ1v) is 10.7. The van der Waals surface area contributed by atoms with E-state index in [2.05, 4.69) is 10.1 Å². The molecular weight excluding hydrogens is 468 g/mol. The molecule has 3 aromatic rings. The number of amides is 1. The fourth-order valence-electron chi connectivity index (χ4n) is 3.89. The summed E-state index contributed by atoms with van der Waals surface area (Å²) in [4.78, 5) is 53.7. The third-order valence-corrected chi connectivity index (χ3v) is 5.79. The van der Waals surface area contributed by atoms with Gasteiger partial charge in [0, 0.05) is 36.6 Å². The Kier molecular flexibility index (Phi) is 6.07. The van der Waals surface area contributed by atoms with Crippen LogP contribution in [0.2, 0.25) is 0 Å². The number of carbonyl (C=O) groups excluding carboxylic acids is 1. The minimum Gasteiger partial charge on any atom is -0.496 e. The summed E-state index contributed by atoms with van der Waals surface area (Å²) in [5.41, 5.74) is 0.793. The van der Waals surface area contributed by atoms with Gasteiger partial charge in [-0.05, 0) is 48.9 Å². The van der Waals surface area contributed by atoms with Gasteiger partial charge in [0.25, 0.3) is 11.5 Å². The maximum atomic E-state index is 13.3. The summed E-state index contributed by atoms with van der Waals surface area (Å²) >= 11 is 0. The first-order chi connectivity index (χ1) is 17.0. The lowest BCUT2D eigenvalue weighted by molar-refractivity contribution is 0.0696. The van der Waals surface area contributed by atoms with E-state index in [1.54, 1.807) is 19.1 Å². The molecule has 4 rings (SSSR count). The van der Waals surface area contributed by atoms with Gasteiger partial charge in [-0.25, -0.2) is 9.59 Å². The summed E-state index contributed by atoms with van der Waals surface area (Å²) < 4.78 is 5.48. The average Bonchev–Trinajstić information content (AvgIpc) is 3.17. The number of nitrogens with one attached hydrogen (secondary N) is 1. The molecule has 0 spiro atoms. The van der Waals surface area contributed by atoms with Crippen molar-refractivity contribution in [1.29, 1.82) is 0 Å². The molecule has 36 heavy (non-hydrogen) atoms. The number of nitrogens with zero attached hydrogens (tertiary/aromatic N) is 3. The van der Waals surface area contributed by atoms with Crippen LogP contribution in [0.25, 0.3) is 6.08 Å². The molecule has 3 N–H and O–H groups in total. The molecule has 11 nitrogen and oxygen atoms in total. The number of hydrogen-bond acceptors (Lipinski definition) is 7. The van der Waals surface area contributed by atoms with Crippen LogP contribution in [0.15, 0.2) is 46.3 Å². The number of carboxylic acid groups (broad SMARTS) is 2. The number of anilines is 2. The largest absolute Gasteiger partial charge is 0.496 e. The number of benzene rings is 2. The molecule has 0 saturated carbocycles. The number of aromatic carboxylic acids is 2. The minimum atomic E-state index is -1.36. The number of fused-ring (bicyclic) bond motifs is 1. The lowest BCUT2D eigenvalue weighted by Gasteiger charge is -2.15. The summed E-state index contributed by atoms with van der Waals surface area (Å²) in [6.07, 6.45) is 1.61. The van der Waals surface area contributed by atoms with Crippen LogP contribution in [0.3, 0.4) is 0 Å². The summed E-state index contributed by atoms with van der Waals surface area (Å²) in [7, 11) is 5.29. The van der Waals surface area contributed by atoms with Gasteiger partial charge in [0.1, 0.15) is 5.75 Å². The van der Waals surface area contributed by atoms with E-state index >= 15 is 0 Å². The van der Waals surface area contributed by atoms with Crippen molar-refractivity contribution in [1.82, 2.24) is 4.98 Å². The highest BCUT2D eigenvalue weighted by Crippen LogP contribution is 2.26. The molecular formula is C25H22N4O7. The molecule has 0 radical (unpaired) electrons. The molecule has 1 aromatic heterocycles. The van der Waals surface area contributed by atoms with Crippen LogP contribution < -0.4 is 30.9 Å². The van der Waals surface area contributed by atoms with Gasteiger partial charge in [0.15, 0.2) is 5.49 Å². The molecule has 0 atom stereocenters. The Morgan fingerprint density at radius 3 is 2.25 bits per heavy atom. The molecule has 1 amide bonds. The van der Waals surface area contributed by atoms with Crippen molar-refractivity contribution < 1.29 is 29.3 Å². The Morgan fingerprint density at radius 2 is 1.69 bits per heavy atom. The third-order valence-electron chi connectivity index (χ3n) is 5.79. The van der Waals surface area contributed by atoms with E-state index in [4.69, 9.17) is 4.74 Å². The summed E-state index contributed by atoms with van der Waals surface area (Å²) in [5, 5.41) is 23.9. The van der Waals surface area contributed by atoms with Crippen molar-refractivity contribution in [3.05, 3.63) is 85.3 Å². The highest BCUT2D eigenvalue weighted by Gasteiger charge is 2.30. The van der Waals surface area contributed by atoms with Crippen LogP contribution in [0.4, 0.5) is 11.4 Å². The summed E-state index contributed by atoms with van der Waals surface area (Å²) in [6, 6.07) is 8.74. The summed E-state index contributed by atoms with van der Waals surface area (Å²) in [6.45, 7) is 1.61. The third kappa shape index (κ3) is 4.17. The van der Waals surface area contributed by atoms with E-state index < -0.39 is 23.4 Å². The molecule has 0 saturated heterocycles. The van der Waals surface area contributed by atoms with Gasteiger partial charge in [0.05, 0.1) is 29.5 Å². The number of carboxylic acids is 2. The number of aromatic nitrogens is 1. The van der Waals surface area contributed by atoms with E-state index in [1.807, 2.05) is 31.1 Å².